The van der Waals surface area contributed by atoms with Crippen LogP contribution in [0, 0.1) is 13.8 Å². The highest BCUT2D eigenvalue weighted by Gasteiger charge is 2.13. The van der Waals surface area contributed by atoms with Gasteiger partial charge in [-0.3, -0.25) is 4.79 Å². The number of amides is 1. The van der Waals surface area contributed by atoms with E-state index < -0.39 is 0 Å². The molecule has 0 fully saturated rings. The molecule has 3 aromatic carbocycles. The Labute approximate surface area is 194 Å². The van der Waals surface area contributed by atoms with Crippen molar-refractivity contribution in [2.45, 2.75) is 33.4 Å². The third kappa shape index (κ3) is 5.17. The zero-order chi connectivity index (χ0) is 23.2. The third-order valence-electron chi connectivity index (χ3n) is 5.83. The molecule has 0 aliphatic rings. The van der Waals surface area contributed by atoms with E-state index in [-0.39, 0.29) is 5.91 Å². The van der Waals surface area contributed by atoms with E-state index in [0.717, 1.165) is 41.3 Å². The number of carbonyl (C=O) groups excluding carboxylic acids is 1. The summed E-state index contributed by atoms with van der Waals surface area (Å²) in [5.41, 5.74) is 4.95. The first kappa shape index (κ1) is 22.4. The van der Waals surface area contributed by atoms with Gasteiger partial charge >= 0.3 is 0 Å². The molecule has 6 nitrogen and oxygen atoms in total. The summed E-state index contributed by atoms with van der Waals surface area (Å²) in [6, 6.07) is 21.2. The number of imidazole rings is 1. The molecule has 0 unspecified atom stereocenters. The lowest BCUT2D eigenvalue weighted by molar-refractivity contribution is 0.0949. The van der Waals surface area contributed by atoms with Gasteiger partial charge in [0.25, 0.3) is 5.91 Å². The number of carbonyl (C=O) groups is 1. The normalized spacial score (nSPS) is 10.9. The smallest absolute Gasteiger partial charge is 0.251 e. The molecule has 33 heavy (non-hydrogen) atoms. The molecule has 0 bridgehead atoms. The van der Waals surface area contributed by atoms with Crippen LogP contribution in [0.2, 0.25) is 0 Å². The molecule has 0 aliphatic heterocycles. The first-order chi connectivity index (χ1) is 16.1. The van der Waals surface area contributed by atoms with Crippen LogP contribution in [0.3, 0.4) is 0 Å². The molecule has 1 amide bonds. The van der Waals surface area contributed by atoms with E-state index in [1.54, 1.807) is 31.4 Å². The van der Waals surface area contributed by atoms with Crippen molar-refractivity contribution in [1.29, 1.82) is 0 Å². The number of nitrogens with one attached hydrogen (secondary N) is 1. The maximum Gasteiger partial charge on any atom is 0.251 e. The zero-order valence-corrected chi connectivity index (χ0v) is 19.3. The van der Waals surface area contributed by atoms with Gasteiger partial charge in [0.2, 0.25) is 0 Å². The van der Waals surface area contributed by atoms with Crippen LogP contribution >= 0.6 is 0 Å². The van der Waals surface area contributed by atoms with Crippen molar-refractivity contribution in [2.75, 3.05) is 13.7 Å². The number of methoxy groups -OCH3 is 1. The van der Waals surface area contributed by atoms with Crippen molar-refractivity contribution >= 4 is 16.9 Å². The fraction of sp³-hybridized carbons (Fsp3) is 0.259. The molecule has 4 aromatic rings. The molecule has 170 valence electrons. The summed E-state index contributed by atoms with van der Waals surface area (Å²) < 4.78 is 13.4. The van der Waals surface area contributed by atoms with Crippen LogP contribution in [-0.2, 0) is 13.1 Å². The summed E-state index contributed by atoms with van der Waals surface area (Å²) in [5, 5.41) is 2.99. The van der Waals surface area contributed by atoms with Crippen molar-refractivity contribution in [1.82, 2.24) is 14.9 Å². The van der Waals surface area contributed by atoms with Gasteiger partial charge in [-0.2, -0.15) is 0 Å². The lowest BCUT2D eigenvalue weighted by Crippen LogP contribution is -2.25. The Morgan fingerprint density at radius 3 is 2.58 bits per heavy atom. The summed E-state index contributed by atoms with van der Waals surface area (Å²) in [6.07, 6.45) is 0.827. The Balaban J connectivity index is 1.42. The van der Waals surface area contributed by atoms with Gasteiger partial charge in [0.05, 0.1) is 31.3 Å². The Bertz CT molecular complexity index is 1250. The Hall–Kier alpha value is -3.80. The van der Waals surface area contributed by atoms with Gasteiger partial charge in [-0.25, -0.2) is 4.98 Å². The van der Waals surface area contributed by atoms with E-state index in [4.69, 9.17) is 14.5 Å². The fourth-order valence-electron chi connectivity index (χ4n) is 3.80. The molecule has 1 aromatic heterocycles. The Morgan fingerprint density at radius 1 is 1.00 bits per heavy atom. The van der Waals surface area contributed by atoms with E-state index in [1.165, 1.54) is 11.1 Å². The highest BCUT2D eigenvalue weighted by Crippen LogP contribution is 2.21. The minimum absolute atomic E-state index is 0.144. The van der Waals surface area contributed by atoms with Gasteiger partial charge in [-0.05, 0) is 73.9 Å². The lowest BCUT2D eigenvalue weighted by atomic mass is 10.1. The van der Waals surface area contributed by atoms with E-state index in [2.05, 4.69) is 35.9 Å². The maximum atomic E-state index is 12.6. The summed E-state index contributed by atoms with van der Waals surface area (Å²) in [6.45, 7) is 5.87. The van der Waals surface area contributed by atoms with Crippen molar-refractivity contribution in [3.63, 3.8) is 0 Å². The SMILES string of the molecule is COc1ccc(C(=O)NCc2nc3ccccc3n2CCCOc2cccc(C)c2C)cc1. The second-order valence-electron chi connectivity index (χ2n) is 7.98. The quantitative estimate of drug-likeness (QED) is 0.367. The van der Waals surface area contributed by atoms with Gasteiger partial charge in [0.1, 0.15) is 17.3 Å². The average molecular weight is 444 g/mol. The van der Waals surface area contributed by atoms with E-state index in [1.807, 2.05) is 30.3 Å². The van der Waals surface area contributed by atoms with Crippen LogP contribution in [0.15, 0.2) is 66.7 Å². The summed E-state index contributed by atoms with van der Waals surface area (Å²) in [7, 11) is 1.60. The third-order valence-corrected chi connectivity index (χ3v) is 5.83. The molecule has 0 radical (unpaired) electrons. The van der Waals surface area contributed by atoms with Crippen LogP contribution in [0.25, 0.3) is 11.0 Å². The number of benzene rings is 3. The highest BCUT2D eigenvalue weighted by molar-refractivity contribution is 5.94. The van der Waals surface area contributed by atoms with E-state index in [9.17, 15) is 4.79 Å². The Kier molecular flexibility index (Phi) is 6.93. The van der Waals surface area contributed by atoms with Crippen LogP contribution in [0.5, 0.6) is 11.5 Å². The first-order valence-corrected chi connectivity index (χ1v) is 11.1. The van der Waals surface area contributed by atoms with Crippen molar-refractivity contribution in [2.24, 2.45) is 0 Å². The molecule has 0 spiro atoms. The molecule has 4 rings (SSSR count). The van der Waals surface area contributed by atoms with Gasteiger partial charge < -0.3 is 19.4 Å². The van der Waals surface area contributed by atoms with Gasteiger partial charge in [-0.15, -0.1) is 0 Å². The molecular weight excluding hydrogens is 414 g/mol. The lowest BCUT2D eigenvalue weighted by Gasteiger charge is -2.13. The van der Waals surface area contributed by atoms with Crippen LogP contribution < -0.4 is 14.8 Å². The van der Waals surface area contributed by atoms with Crippen molar-refractivity contribution < 1.29 is 14.3 Å². The number of hydrogen-bond acceptors (Lipinski definition) is 4. The summed E-state index contributed by atoms with van der Waals surface area (Å²) in [4.78, 5) is 17.4. The number of ether oxygens (including phenoxy) is 2. The number of fused-ring (bicyclic) bond motifs is 1. The molecule has 0 saturated heterocycles. The molecule has 1 heterocycles. The van der Waals surface area contributed by atoms with Crippen molar-refractivity contribution in [3.05, 3.63) is 89.2 Å². The predicted octanol–water partition coefficient (Wildman–Crippen LogP) is 5.06. The second-order valence-corrected chi connectivity index (χ2v) is 7.98. The van der Waals surface area contributed by atoms with Crippen molar-refractivity contribution in [3.8, 4) is 11.5 Å². The minimum atomic E-state index is -0.144. The number of nitrogens with zero attached hydrogens (tertiary/aromatic N) is 2. The number of para-hydroxylation sites is 2. The van der Waals surface area contributed by atoms with Gasteiger partial charge in [0.15, 0.2) is 0 Å². The summed E-state index contributed by atoms with van der Waals surface area (Å²) >= 11 is 0. The fourth-order valence-corrected chi connectivity index (χ4v) is 3.80. The maximum absolute atomic E-state index is 12.6. The van der Waals surface area contributed by atoms with Crippen LogP contribution in [0.4, 0.5) is 0 Å². The van der Waals surface area contributed by atoms with Gasteiger partial charge in [-0.1, -0.05) is 24.3 Å². The number of aryl methyl sites for hydroxylation is 2. The highest BCUT2D eigenvalue weighted by atomic mass is 16.5. The minimum Gasteiger partial charge on any atom is -0.497 e. The second kappa shape index (κ2) is 10.2. The molecular formula is C27H29N3O3. The standard InChI is InChI=1S/C27H29N3O3/c1-19-8-6-11-25(20(19)2)33-17-7-16-30-24-10-5-4-9-23(24)29-26(30)18-28-27(31)21-12-14-22(32-3)15-13-21/h4-6,8-15H,7,16-18H2,1-3H3,(H,28,31). The monoisotopic (exact) mass is 443 g/mol. The molecule has 0 saturated carbocycles. The zero-order valence-electron chi connectivity index (χ0n) is 19.3. The largest absolute Gasteiger partial charge is 0.497 e. The molecule has 1 N–H and O–H groups in total. The van der Waals surface area contributed by atoms with Gasteiger partial charge in [0, 0.05) is 12.1 Å². The average Bonchev–Trinajstić information content (AvgIpc) is 3.20. The molecule has 0 atom stereocenters. The van der Waals surface area contributed by atoms with Crippen LogP contribution in [0.1, 0.15) is 33.7 Å². The molecule has 6 heteroatoms. The molecule has 0 aliphatic carbocycles. The Morgan fingerprint density at radius 2 is 1.79 bits per heavy atom. The van der Waals surface area contributed by atoms with E-state index >= 15 is 0 Å². The first-order valence-electron chi connectivity index (χ1n) is 11.1. The predicted molar refractivity (Wildman–Crippen MR) is 130 cm³/mol. The number of rotatable bonds is 9. The van der Waals surface area contributed by atoms with E-state index in [0.29, 0.717) is 18.7 Å². The number of aromatic nitrogens is 2. The topological polar surface area (TPSA) is 65.4 Å². The number of hydrogen-bond donors (Lipinski definition) is 1. The van der Waals surface area contributed by atoms with Crippen LogP contribution in [-0.4, -0.2) is 29.2 Å². The summed E-state index contributed by atoms with van der Waals surface area (Å²) in [5.74, 6) is 2.33.